The number of carbonyl (C=O) groups is 1. The number of phenols is 1. The molecule has 35 heavy (non-hydrogen) atoms. The Kier molecular flexibility index (Phi) is 4.85. The summed E-state index contributed by atoms with van der Waals surface area (Å²) >= 11 is 2.24. The van der Waals surface area contributed by atoms with Crippen molar-refractivity contribution in [3.05, 3.63) is 56.7 Å². The number of nitrogens with zero attached hydrogens (tertiary/aromatic N) is 2. The number of rotatable bonds is 4. The first-order valence-corrected chi connectivity index (χ1v) is 13.9. The Balaban J connectivity index is 1.31. The molecule has 1 unspecified atom stereocenters. The molecule has 2 saturated carbocycles. The van der Waals surface area contributed by atoms with Crippen LogP contribution in [0.5, 0.6) is 11.5 Å². The number of likely N-dealkylation sites (N-methyl/N-ethyl adjacent to an activating group) is 1. The van der Waals surface area contributed by atoms with Gasteiger partial charge in [-0.1, -0.05) is 6.07 Å². The molecule has 2 N–H and O–H groups in total. The SMILES string of the molecule is CN(C(=O)c1ccc(I)cc1)[C@@H]1CC[C@@]2(O)[C@H]3Cc4ccc(O)c5c4C2(CCN3CC2CC2)[C@H]1O5. The fourth-order valence-electron chi connectivity index (χ4n) is 7.80. The van der Waals surface area contributed by atoms with Crippen LogP contribution in [0.4, 0.5) is 0 Å². The van der Waals surface area contributed by atoms with Crippen LogP contribution >= 0.6 is 22.6 Å². The lowest BCUT2D eigenvalue weighted by Gasteiger charge is -2.64. The molecule has 7 rings (SSSR count). The summed E-state index contributed by atoms with van der Waals surface area (Å²) in [4.78, 5) is 17.9. The van der Waals surface area contributed by atoms with Crippen molar-refractivity contribution >= 4 is 28.5 Å². The van der Waals surface area contributed by atoms with E-state index < -0.39 is 11.0 Å². The number of hydrogen-bond donors (Lipinski definition) is 2. The van der Waals surface area contributed by atoms with Crippen LogP contribution in [0.1, 0.15) is 53.6 Å². The molecule has 0 aromatic heterocycles. The van der Waals surface area contributed by atoms with Crippen LogP contribution in [-0.4, -0.2) is 69.8 Å². The largest absolute Gasteiger partial charge is 0.504 e. The van der Waals surface area contributed by atoms with Crippen LogP contribution < -0.4 is 4.74 Å². The van der Waals surface area contributed by atoms with Crippen LogP contribution in [0.15, 0.2) is 36.4 Å². The summed E-state index contributed by atoms with van der Waals surface area (Å²) in [7, 11) is 1.86. The minimum atomic E-state index is -0.930. The summed E-state index contributed by atoms with van der Waals surface area (Å²) in [6.45, 7) is 1.98. The number of likely N-dealkylation sites (tertiary alicyclic amines) is 1. The molecule has 2 bridgehead atoms. The van der Waals surface area contributed by atoms with Crippen LogP contribution in [0.3, 0.4) is 0 Å². The van der Waals surface area contributed by atoms with Crippen LogP contribution in [0.2, 0.25) is 0 Å². The molecule has 5 aliphatic rings. The van der Waals surface area contributed by atoms with Gasteiger partial charge in [0.25, 0.3) is 5.91 Å². The molecular formula is C28H31IN2O4. The molecule has 0 radical (unpaired) electrons. The standard InChI is InChI=1S/C28H31IN2O4/c1-30(26(33)17-4-7-19(29)8-5-17)20-10-11-28(34)22-14-18-6-9-21(32)24-23(18)27(28,25(20)35-24)12-13-31(22)15-16-2-3-16/h4-9,16,20,22,25,32,34H,2-3,10-15H2,1H3/t20-,22-,25+,27?,28-/m1/s1. The van der Waals surface area contributed by atoms with Gasteiger partial charge in [0.1, 0.15) is 6.10 Å². The summed E-state index contributed by atoms with van der Waals surface area (Å²) in [5.41, 5.74) is 1.31. The van der Waals surface area contributed by atoms with Gasteiger partial charge in [0.05, 0.1) is 17.1 Å². The van der Waals surface area contributed by atoms with E-state index >= 15 is 0 Å². The monoisotopic (exact) mass is 586 g/mol. The summed E-state index contributed by atoms with van der Waals surface area (Å²) in [5, 5.41) is 23.4. The van der Waals surface area contributed by atoms with Gasteiger partial charge in [-0.2, -0.15) is 0 Å². The maximum atomic E-state index is 13.5. The second-order valence-corrected chi connectivity index (χ2v) is 12.6. The topological polar surface area (TPSA) is 73.2 Å². The molecule has 5 atom stereocenters. The van der Waals surface area contributed by atoms with E-state index in [2.05, 4.69) is 27.5 Å². The number of piperidine rings is 1. The van der Waals surface area contributed by atoms with Crippen molar-refractivity contribution in [3.63, 3.8) is 0 Å². The highest BCUT2D eigenvalue weighted by molar-refractivity contribution is 14.1. The van der Waals surface area contributed by atoms with Gasteiger partial charge >= 0.3 is 0 Å². The zero-order valence-corrected chi connectivity index (χ0v) is 22.1. The van der Waals surface area contributed by atoms with E-state index in [0.717, 1.165) is 41.0 Å². The first-order valence-electron chi connectivity index (χ1n) is 12.8. The summed E-state index contributed by atoms with van der Waals surface area (Å²) in [6, 6.07) is 11.3. The maximum Gasteiger partial charge on any atom is 0.253 e. The van der Waals surface area contributed by atoms with Gasteiger partial charge in [-0.3, -0.25) is 9.69 Å². The molecule has 2 aromatic rings. The maximum absolute atomic E-state index is 13.5. The fraction of sp³-hybridized carbons (Fsp3) is 0.536. The first kappa shape index (κ1) is 22.4. The van der Waals surface area contributed by atoms with Gasteiger partial charge < -0.3 is 19.8 Å². The third-order valence-corrected chi connectivity index (χ3v) is 10.4. The molecule has 6 nitrogen and oxygen atoms in total. The highest BCUT2D eigenvalue weighted by atomic mass is 127. The van der Waals surface area contributed by atoms with E-state index in [1.165, 1.54) is 18.4 Å². The Hall–Kier alpha value is -1.84. The Morgan fingerprint density at radius 3 is 2.69 bits per heavy atom. The van der Waals surface area contributed by atoms with E-state index in [1.807, 2.05) is 42.3 Å². The summed E-state index contributed by atoms with van der Waals surface area (Å²) < 4.78 is 7.71. The number of amides is 1. The molecule has 2 aromatic carbocycles. The lowest BCUT2D eigenvalue weighted by molar-refractivity contribution is -0.197. The third-order valence-electron chi connectivity index (χ3n) is 9.64. The molecule has 2 heterocycles. The van der Waals surface area contributed by atoms with Crippen molar-refractivity contribution in [2.75, 3.05) is 20.1 Å². The van der Waals surface area contributed by atoms with E-state index in [0.29, 0.717) is 24.2 Å². The molecule has 7 heteroatoms. The average molecular weight is 586 g/mol. The highest BCUT2D eigenvalue weighted by Crippen LogP contribution is 2.66. The van der Waals surface area contributed by atoms with Gasteiger partial charge in [-0.05, 0) is 109 Å². The van der Waals surface area contributed by atoms with Gasteiger partial charge in [0.2, 0.25) is 0 Å². The number of ether oxygens (including phenoxy) is 1. The van der Waals surface area contributed by atoms with Crippen molar-refractivity contribution in [1.29, 1.82) is 0 Å². The zero-order valence-electron chi connectivity index (χ0n) is 19.9. The third kappa shape index (κ3) is 2.98. The number of aromatic hydroxyl groups is 1. The Morgan fingerprint density at radius 2 is 1.94 bits per heavy atom. The Labute approximate surface area is 219 Å². The summed E-state index contributed by atoms with van der Waals surface area (Å²) in [6.07, 6.45) is 5.07. The molecule has 3 aliphatic carbocycles. The van der Waals surface area contributed by atoms with Crippen LogP contribution in [0.25, 0.3) is 0 Å². The number of benzene rings is 2. The molecule has 184 valence electrons. The number of halogens is 1. The van der Waals surface area contributed by atoms with Crippen molar-refractivity contribution in [1.82, 2.24) is 9.80 Å². The second kappa shape index (κ2) is 7.59. The Bertz CT molecular complexity index is 1210. The summed E-state index contributed by atoms with van der Waals surface area (Å²) in [5.74, 6) is 1.39. The number of phenolic OH excluding ortho intramolecular Hbond substituents is 1. The highest BCUT2D eigenvalue weighted by Gasteiger charge is 2.73. The second-order valence-electron chi connectivity index (χ2n) is 11.3. The quantitative estimate of drug-likeness (QED) is 0.535. The van der Waals surface area contributed by atoms with Crippen LogP contribution in [0, 0.1) is 9.49 Å². The fourth-order valence-corrected chi connectivity index (χ4v) is 8.16. The van der Waals surface area contributed by atoms with Crippen molar-refractivity contribution in [2.24, 2.45) is 5.92 Å². The minimum Gasteiger partial charge on any atom is -0.504 e. The van der Waals surface area contributed by atoms with E-state index in [-0.39, 0.29) is 29.8 Å². The predicted molar refractivity (Wildman–Crippen MR) is 140 cm³/mol. The molecular weight excluding hydrogens is 555 g/mol. The number of hydrogen-bond acceptors (Lipinski definition) is 5. The van der Waals surface area contributed by atoms with Crippen molar-refractivity contribution in [2.45, 2.75) is 67.7 Å². The van der Waals surface area contributed by atoms with Gasteiger partial charge in [-0.25, -0.2) is 0 Å². The predicted octanol–water partition coefficient (Wildman–Crippen LogP) is 3.70. The molecule has 3 fully saturated rings. The zero-order chi connectivity index (χ0) is 24.1. The van der Waals surface area contributed by atoms with Crippen molar-refractivity contribution < 1.29 is 19.7 Å². The first-order chi connectivity index (χ1) is 16.8. The van der Waals surface area contributed by atoms with E-state index in [4.69, 9.17) is 4.74 Å². The minimum absolute atomic E-state index is 0.0317. The number of aliphatic hydroxyl groups is 1. The van der Waals surface area contributed by atoms with Gasteiger partial charge in [0.15, 0.2) is 11.5 Å². The lowest BCUT2D eigenvalue weighted by atomic mass is 9.48. The lowest BCUT2D eigenvalue weighted by Crippen LogP contribution is -2.78. The smallest absolute Gasteiger partial charge is 0.253 e. The normalized spacial score (nSPS) is 34.8. The van der Waals surface area contributed by atoms with E-state index in [1.54, 1.807) is 6.07 Å². The van der Waals surface area contributed by atoms with Crippen LogP contribution in [-0.2, 0) is 11.8 Å². The van der Waals surface area contributed by atoms with Crippen molar-refractivity contribution in [3.8, 4) is 11.5 Å². The Morgan fingerprint density at radius 1 is 1.17 bits per heavy atom. The number of carbonyl (C=O) groups excluding carboxylic acids is 1. The molecule has 2 aliphatic heterocycles. The molecule has 1 saturated heterocycles. The molecule has 1 spiro atoms. The average Bonchev–Trinajstić information content (AvgIpc) is 3.59. The van der Waals surface area contributed by atoms with Gasteiger partial charge in [-0.15, -0.1) is 0 Å². The molecule has 1 amide bonds. The van der Waals surface area contributed by atoms with E-state index in [9.17, 15) is 15.0 Å². The van der Waals surface area contributed by atoms with Gasteiger partial charge in [0, 0.05) is 34.3 Å².